The van der Waals surface area contributed by atoms with E-state index in [0.717, 1.165) is 11.1 Å². The Morgan fingerprint density at radius 1 is 1.11 bits per heavy atom. The van der Waals surface area contributed by atoms with Gasteiger partial charge in [0.05, 0.1) is 18.2 Å². The summed E-state index contributed by atoms with van der Waals surface area (Å²) in [6, 6.07) is 16.8. The molecule has 0 aliphatic carbocycles. The number of carbonyl (C=O) groups excluding carboxylic acids is 1. The maximum absolute atomic E-state index is 12.6. The first-order valence-electron chi connectivity index (χ1n) is 9.56. The lowest BCUT2D eigenvalue weighted by molar-refractivity contribution is 0.0993. The van der Waals surface area contributed by atoms with Crippen LogP contribution in [0.1, 0.15) is 47.8 Å². The molecule has 0 aliphatic heterocycles. The molecule has 146 valence electrons. The van der Waals surface area contributed by atoms with E-state index in [0.29, 0.717) is 24.2 Å². The lowest BCUT2D eigenvalue weighted by Crippen LogP contribution is -2.40. The Bertz CT molecular complexity index is 884. The van der Waals surface area contributed by atoms with E-state index in [1.54, 1.807) is 24.3 Å². The summed E-state index contributed by atoms with van der Waals surface area (Å²) in [6.07, 6.45) is 4.40. The van der Waals surface area contributed by atoms with Crippen molar-refractivity contribution in [1.29, 1.82) is 5.26 Å². The van der Waals surface area contributed by atoms with Gasteiger partial charge < -0.3 is 4.43 Å². The molecule has 0 saturated carbocycles. The van der Waals surface area contributed by atoms with Crippen molar-refractivity contribution in [2.45, 2.75) is 45.3 Å². The molecule has 2 aromatic carbocycles. The summed E-state index contributed by atoms with van der Waals surface area (Å²) in [7, 11) is -1.76. The van der Waals surface area contributed by atoms with Crippen molar-refractivity contribution in [2.24, 2.45) is 0 Å². The molecule has 0 spiro atoms. The summed E-state index contributed by atoms with van der Waals surface area (Å²) in [5.74, 6) is 0.0443. The molecular weight excluding hydrogens is 362 g/mol. The van der Waals surface area contributed by atoms with Crippen LogP contribution in [0.2, 0.25) is 18.1 Å². The van der Waals surface area contributed by atoms with Gasteiger partial charge in [0.1, 0.15) is 0 Å². The van der Waals surface area contributed by atoms with E-state index in [1.165, 1.54) is 0 Å². The summed E-state index contributed by atoms with van der Waals surface area (Å²) >= 11 is 0. The first kappa shape index (κ1) is 21.8. The van der Waals surface area contributed by atoms with Crippen molar-refractivity contribution in [3.05, 3.63) is 76.9 Å². The number of ketones is 1. The fourth-order valence-corrected chi connectivity index (χ4v) is 3.46. The second kappa shape index (κ2) is 9.14. The van der Waals surface area contributed by atoms with Crippen LogP contribution >= 0.6 is 0 Å². The van der Waals surface area contributed by atoms with Crippen LogP contribution in [0.4, 0.5) is 0 Å². The van der Waals surface area contributed by atoms with Crippen LogP contribution in [0.15, 0.2) is 54.6 Å². The van der Waals surface area contributed by atoms with Crippen molar-refractivity contribution in [3.63, 3.8) is 0 Å². The summed E-state index contributed by atoms with van der Waals surface area (Å²) in [6.45, 7) is 11.7. The predicted octanol–water partition coefficient (Wildman–Crippen LogP) is 6.02. The number of nitriles is 1. The molecule has 4 heteroatoms. The Labute approximate surface area is 169 Å². The minimum absolute atomic E-state index is 0.0443. The van der Waals surface area contributed by atoms with Gasteiger partial charge in [-0.2, -0.15) is 5.26 Å². The summed E-state index contributed by atoms with van der Waals surface area (Å²) in [5, 5.41) is 9.07. The Morgan fingerprint density at radius 2 is 1.75 bits per heavy atom. The van der Waals surface area contributed by atoms with E-state index in [4.69, 9.17) is 9.69 Å². The topological polar surface area (TPSA) is 50.1 Å². The van der Waals surface area contributed by atoms with Gasteiger partial charge in [-0.25, -0.2) is 0 Å². The van der Waals surface area contributed by atoms with E-state index in [9.17, 15) is 4.79 Å². The van der Waals surface area contributed by atoms with Crippen molar-refractivity contribution >= 4 is 20.2 Å². The standard InChI is InChI=1S/C24H29NO2Si/c1-24(2,3)28(4,5)27-16-8-11-20-9-6-7-10-22(20)17-23(26)21-14-12-19(18-25)13-15-21/h6-15H,16-17H2,1-5H3/b11-8+. The van der Waals surface area contributed by atoms with E-state index in [2.05, 4.69) is 39.9 Å². The normalized spacial score (nSPS) is 12.1. The smallest absolute Gasteiger partial charge is 0.192 e. The maximum Gasteiger partial charge on any atom is 0.192 e. The molecule has 0 fully saturated rings. The van der Waals surface area contributed by atoms with E-state index < -0.39 is 8.32 Å². The van der Waals surface area contributed by atoms with Gasteiger partial charge in [-0.3, -0.25) is 4.79 Å². The van der Waals surface area contributed by atoms with Crippen molar-refractivity contribution < 1.29 is 9.22 Å². The summed E-state index contributed by atoms with van der Waals surface area (Å²) < 4.78 is 6.19. The molecule has 0 N–H and O–H groups in total. The SMILES string of the molecule is CC(C)(C)[Si](C)(C)OC/C=C/c1ccccc1CC(=O)c1ccc(C#N)cc1. The van der Waals surface area contributed by atoms with Crippen molar-refractivity contribution in [2.75, 3.05) is 6.61 Å². The lowest BCUT2D eigenvalue weighted by Gasteiger charge is -2.35. The monoisotopic (exact) mass is 391 g/mol. The van der Waals surface area contributed by atoms with Gasteiger partial charge in [0.2, 0.25) is 0 Å². The average Bonchev–Trinajstić information content (AvgIpc) is 2.65. The molecule has 0 saturated heterocycles. The minimum Gasteiger partial charge on any atom is -0.413 e. The molecule has 0 atom stereocenters. The number of benzene rings is 2. The van der Waals surface area contributed by atoms with Crippen LogP contribution in [0.5, 0.6) is 0 Å². The lowest BCUT2D eigenvalue weighted by atomic mass is 9.98. The van der Waals surface area contributed by atoms with Gasteiger partial charge in [0, 0.05) is 12.0 Å². The molecular formula is C24H29NO2Si. The van der Waals surface area contributed by atoms with E-state index >= 15 is 0 Å². The van der Waals surface area contributed by atoms with Crippen LogP contribution in [0.3, 0.4) is 0 Å². The molecule has 0 bridgehead atoms. The number of hydrogen-bond donors (Lipinski definition) is 0. The van der Waals surface area contributed by atoms with Crippen molar-refractivity contribution in [1.82, 2.24) is 0 Å². The van der Waals surface area contributed by atoms with Gasteiger partial charge in [-0.1, -0.05) is 69.3 Å². The molecule has 0 unspecified atom stereocenters. The van der Waals surface area contributed by atoms with Gasteiger partial charge >= 0.3 is 0 Å². The molecule has 0 radical (unpaired) electrons. The number of carbonyl (C=O) groups is 1. The Kier molecular flexibility index (Phi) is 7.12. The predicted molar refractivity (Wildman–Crippen MR) is 118 cm³/mol. The number of nitrogens with zero attached hydrogens (tertiary/aromatic N) is 1. The summed E-state index contributed by atoms with van der Waals surface area (Å²) in [5.41, 5.74) is 3.20. The summed E-state index contributed by atoms with van der Waals surface area (Å²) in [4.78, 5) is 12.6. The largest absolute Gasteiger partial charge is 0.413 e. The second-order valence-corrected chi connectivity index (χ2v) is 13.3. The number of rotatable bonds is 7. The van der Waals surface area contributed by atoms with Crippen LogP contribution < -0.4 is 0 Å². The molecule has 0 aromatic heterocycles. The first-order valence-corrected chi connectivity index (χ1v) is 12.5. The minimum atomic E-state index is -1.76. The second-order valence-electron chi connectivity index (χ2n) is 8.46. The highest BCUT2D eigenvalue weighted by atomic mass is 28.4. The fraction of sp³-hybridized carbons (Fsp3) is 0.333. The highest BCUT2D eigenvalue weighted by molar-refractivity contribution is 6.74. The zero-order valence-electron chi connectivity index (χ0n) is 17.5. The molecule has 0 heterocycles. The Morgan fingerprint density at radius 3 is 2.36 bits per heavy atom. The van der Waals surface area contributed by atoms with Crippen LogP contribution in [0.25, 0.3) is 6.08 Å². The zero-order chi connectivity index (χ0) is 20.8. The van der Waals surface area contributed by atoms with E-state index in [1.807, 2.05) is 36.4 Å². The third kappa shape index (κ3) is 5.76. The fourth-order valence-electron chi connectivity index (χ4n) is 2.51. The molecule has 0 aliphatic rings. The van der Waals surface area contributed by atoms with Gasteiger partial charge in [0.25, 0.3) is 0 Å². The highest BCUT2D eigenvalue weighted by Crippen LogP contribution is 2.36. The van der Waals surface area contributed by atoms with Gasteiger partial charge in [-0.05, 0) is 41.4 Å². The van der Waals surface area contributed by atoms with Crippen molar-refractivity contribution in [3.8, 4) is 6.07 Å². The third-order valence-electron chi connectivity index (χ3n) is 5.39. The Hall–Kier alpha value is -2.48. The first-order chi connectivity index (χ1) is 13.1. The molecule has 2 aromatic rings. The Balaban J connectivity index is 2.06. The van der Waals surface area contributed by atoms with Crippen LogP contribution in [0, 0.1) is 11.3 Å². The zero-order valence-corrected chi connectivity index (χ0v) is 18.5. The third-order valence-corrected chi connectivity index (χ3v) is 9.89. The van der Waals surface area contributed by atoms with Crippen LogP contribution in [-0.4, -0.2) is 20.7 Å². The van der Waals surface area contributed by atoms with Gasteiger partial charge in [-0.15, -0.1) is 0 Å². The molecule has 28 heavy (non-hydrogen) atoms. The molecule has 2 rings (SSSR count). The van der Waals surface area contributed by atoms with Gasteiger partial charge in [0.15, 0.2) is 14.1 Å². The van der Waals surface area contributed by atoms with Crippen LogP contribution in [-0.2, 0) is 10.8 Å². The maximum atomic E-state index is 12.6. The molecule has 0 amide bonds. The number of Topliss-reactive ketones (excluding diaryl/α,β-unsaturated/α-hetero) is 1. The highest BCUT2D eigenvalue weighted by Gasteiger charge is 2.36. The van der Waals surface area contributed by atoms with E-state index in [-0.39, 0.29) is 10.8 Å². The number of hydrogen-bond acceptors (Lipinski definition) is 3. The molecule has 3 nitrogen and oxygen atoms in total. The average molecular weight is 392 g/mol. The quantitative estimate of drug-likeness (QED) is 0.428.